The van der Waals surface area contributed by atoms with Crippen molar-refractivity contribution < 1.29 is 14.3 Å². The van der Waals surface area contributed by atoms with Crippen molar-refractivity contribution in [1.29, 1.82) is 0 Å². The molecular weight excluding hydrogens is 332 g/mol. The smallest absolute Gasteiger partial charge is 0.253 e. The van der Waals surface area contributed by atoms with Gasteiger partial charge in [0, 0.05) is 31.5 Å². The van der Waals surface area contributed by atoms with E-state index in [9.17, 15) is 9.59 Å². The summed E-state index contributed by atoms with van der Waals surface area (Å²) in [5.41, 5.74) is 1.46. The Morgan fingerprint density at radius 1 is 1.27 bits per heavy atom. The monoisotopic (exact) mass is 354 g/mol. The molecule has 2 heterocycles. The second kappa shape index (κ2) is 8.33. The maximum absolute atomic E-state index is 12.1. The highest BCUT2D eigenvalue weighted by Gasteiger charge is 2.25. The summed E-state index contributed by atoms with van der Waals surface area (Å²) >= 11 is 0. The first kappa shape index (κ1) is 17.7. The molecule has 1 aliphatic heterocycles. The van der Waals surface area contributed by atoms with Crippen LogP contribution in [0.25, 0.3) is 0 Å². The van der Waals surface area contributed by atoms with Gasteiger partial charge >= 0.3 is 0 Å². The highest BCUT2D eigenvalue weighted by molar-refractivity contribution is 5.96. The number of carbonyl (C=O) groups is 2. The lowest BCUT2D eigenvalue weighted by Crippen LogP contribution is -2.43. The molecule has 136 valence electrons. The molecular formula is C19H22N4O3. The van der Waals surface area contributed by atoms with Crippen LogP contribution in [0.3, 0.4) is 0 Å². The van der Waals surface area contributed by atoms with Gasteiger partial charge in [0.15, 0.2) is 0 Å². The quantitative estimate of drug-likeness (QED) is 0.815. The van der Waals surface area contributed by atoms with E-state index in [4.69, 9.17) is 4.74 Å². The molecule has 7 heteroatoms. The van der Waals surface area contributed by atoms with Crippen molar-refractivity contribution in [3.63, 3.8) is 0 Å². The van der Waals surface area contributed by atoms with Crippen molar-refractivity contribution in [2.24, 2.45) is 0 Å². The van der Waals surface area contributed by atoms with Crippen LogP contribution in [0.5, 0.6) is 5.75 Å². The predicted molar refractivity (Wildman–Crippen MR) is 98.3 cm³/mol. The topological polar surface area (TPSA) is 83.6 Å². The number of rotatable bonds is 6. The SMILES string of the molecule is COc1ccccc1N1CCC(NC(=O)CNC(=O)c2cccnc2)C1. The lowest BCUT2D eigenvalue weighted by molar-refractivity contribution is -0.120. The van der Waals surface area contributed by atoms with E-state index in [-0.39, 0.29) is 24.4 Å². The van der Waals surface area contributed by atoms with E-state index in [1.165, 1.54) is 6.20 Å². The standard InChI is InChI=1S/C19H22N4O3/c1-26-17-7-3-2-6-16(17)23-10-8-15(13-23)22-18(24)12-21-19(25)14-5-4-9-20-11-14/h2-7,9,11,15H,8,10,12-13H2,1H3,(H,21,25)(H,22,24). The molecule has 1 aromatic heterocycles. The number of nitrogens with one attached hydrogen (secondary N) is 2. The number of amides is 2. The van der Waals surface area contributed by atoms with Crippen LogP contribution in [0.4, 0.5) is 5.69 Å². The minimum Gasteiger partial charge on any atom is -0.495 e. The summed E-state index contributed by atoms with van der Waals surface area (Å²) in [6.45, 7) is 1.49. The van der Waals surface area contributed by atoms with Gasteiger partial charge in [-0.05, 0) is 30.7 Å². The van der Waals surface area contributed by atoms with Gasteiger partial charge < -0.3 is 20.3 Å². The molecule has 0 spiro atoms. The van der Waals surface area contributed by atoms with Gasteiger partial charge in [-0.25, -0.2) is 0 Å². The first-order valence-electron chi connectivity index (χ1n) is 8.53. The van der Waals surface area contributed by atoms with Crippen LogP contribution in [0.15, 0.2) is 48.8 Å². The summed E-state index contributed by atoms with van der Waals surface area (Å²) in [5.74, 6) is 0.313. The Labute approximate surface area is 152 Å². The fourth-order valence-electron chi connectivity index (χ4n) is 3.03. The molecule has 0 radical (unpaired) electrons. The van der Waals surface area contributed by atoms with E-state index in [1.54, 1.807) is 25.4 Å². The summed E-state index contributed by atoms with van der Waals surface area (Å²) in [5, 5.41) is 5.58. The van der Waals surface area contributed by atoms with Gasteiger partial charge in [0.05, 0.1) is 24.9 Å². The molecule has 0 aliphatic carbocycles. The fourth-order valence-corrected chi connectivity index (χ4v) is 3.03. The third-order valence-electron chi connectivity index (χ3n) is 4.31. The molecule has 1 fully saturated rings. The largest absolute Gasteiger partial charge is 0.495 e. The van der Waals surface area contributed by atoms with Gasteiger partial charge in [-0.2, -0.15) is 0 Å². The van der Waals surface area contributed by atoms with Crippen molar-refractivity contribution in [3.05, 3.63) is 54.4 Å². The molecule has 0 saturated carbocycles. The second-order valence-electron chi connectivity index (χ2n) is 6.10. The highest BCUT2D eigenvalue weighted by atomic mass is 16.5. The molecule has 1 aromatic carbocycles. The van der Waals surface area contributed by atoms with Gasteiger partial charge in [0.25, 0.3) is 5.91 Å². The molecule has 26 heavy (non-hydrogen) atoms. The molecule has 1 atom stereocenters. The van der Waals surface area contributed by atoms with Gasteiger partial charge in [-0.1, -0.05) is 12.1 Å². The summed E-state index contributed by atoms with van der Waals surface area (Å²) in [7, 11) is 1.65. The number of aromatic nitrogens is 1. The molecule has 1 saturated heterocycles. The number of hydrogen-bond acceptors (Lipinski definition) is 5. The van der Waals surface area contributed by atoms with Crippen LogP contribution in [-0.2, 0) is 4.79 Å². The Bertz CT molecular complexity index is 766. The minimum absolute atomic E-state index is 0.0442. The summed E-state index contributed by atoms with van der Waals surface area (Å²) in [4.78, 5) is 30.1. The van der Waals surface area contributed by atoms with E-state index in [2.05, 4.69) is 20.5 Å². The Kier molecular flexibility index (Phi) is 5.68. The van der Waals surface area contributed by atoms with E-state index in [0.29, 0.717) is 12.1 Å². The van der Waals surface area contributed by atoms with Crippen molar-refractivity contribution in [1.82, 2.24) is 15.6 Å². The third-order valence-corrected chi connectivity index (χ3v) is 4.31. The normalized spacial score (nSPS) is 16.2. The molecule has 2 aromatic rings. The lowest BCUT2D eigenvalue weighted by Gasteiger charge is -2.21. The number of benzene rings is 1. The van der Waals surface area contributed by atoms with E-state index in [0.717, 1.165) is 24.4 Å². The highest BCUT2D eigenvalue weighted by Crippen LogP contribution is 2.30. The molecule has 2 amide bonds. The molecule has 1 unspecified atom stereocenters. The first-order valence-corrected chi connectivity index (χ1v) is 8.53. The summed E-state index contributed by atoms with van der Waals surface area (Å²) in [6, 6.07) is 11.2. The number of pyridine rings is 1. The number of para-hydroxylation sites is 2. The van der Waals surface area contributed by atoms with E-state index >= 15 is 0 Å². The zero-order valence-corrected chi connectivity index (χ0v) is 14.6. The fraction of sp³-hybridized carbons (Fsp3) is 0.316. The maximum Gasteiger partial charge on any atom is 0.253 e. The van der Waals surface area contributed by atoms with Crippen LogP contribution < -0.4 is 20.3 Å². The molecule has 2 N–H and O–H groups in total. The zero-order valence-electron chi connectivity index (χ0n) is 14.6. The van der Waals surface area contributed by atoms with Gasteiger partial charge in [0.1, 0.15) is 5.75 Å². The lowest BCUT2D eigenvalue weighted by atomic mass is 10.2. The maximum atomic E-state index is 12.1. The molecule has 0 bridgehead atoms. The van der Waals surface area contributed by atoms with Crippen LogP contribution >= 0.6 is 0 Å². The van der Waals surface area contributed by atoms with Crippen molar-refractivity contribution in [2.75, 3.05) is 31.6 Å². The Hall–Kier alpha value is -3.09. The molecule has 3 rings (SSSR count). The average Bonchev–Trinajstić information content (AvgIpc) is 3.15. The van der Waals surface area contributed by atoms with Crippen molar-refractivity contribution >= 4 is 17.5 Å². The van der Waals surface area contributed by atoms with Crippen molar-refractivity contribution in [3.8, 4) is 5.75 Å². The number of methoxy groups -OCH3 is 1. The zero-order chi connectivity index (χ0) is 18.4. The number of ether oxygens (including phenoxy) is 1. The summed E-state index contributed by atoms with van der Waals surface area (Å²) in [6.07, 6.45) is 3.91. The van der Waals surface area contributed by atoms with Crippen molar-refractivity contribution in [2.45, 2.75) is 12.5 Å². The van der Waals surface area contributed by atoms with Crippen LogP contribution in [0.1, 0.15) is 16.8 Å². The van der Waals surface area contributed by atoms with Gasteiger partial charge in [-0.3, -0.25) is 14.6 Å². The Morgan fingerprint density at radius 3 is 2.88 bits per heavy atom. The Morgan fingerprint density at radius 2 is 2.12 bits per heavy atom. The van der Waals surface area contributed by atoms with Gasteiger partial charge in [-0.15, -0.1) is 0 Å². The minimum atomic E-state index is -0.310. The van der Waals surface area contributed by atoms with E-state index in [1.807, 2.05) is 24.3 Å². The number of nitrogens with zero attached hydrogens (tertiary/aromatic N) is 2. The van der Waals surface area contributed by atoms with Gasteiger partial charge in [0.2, 0.25) is 5.91 Å². The number of hydrogen-bond donors (Lipinski definition) is 2. The molecule has 7 nitrogen and oxygen atoms in total. The second-order valence-corrected chi connectivity index (χ2v) is 6.10. The summed E-state index contributed by atoms with van der Waals surface area (Å²) < 4.78 is 5.40. The average molecular weight is 354 g/mol. The van der Waals surface area contributed by atoms with Crippen LogP contribution in [0.2, 0.25) is 0 Å². The predicted octanol–water partition coefficient (Wildman–Crippen LogP) is 1.22. The first-order chi connectivity index (χ1) is 12.7. The Balaban J connectivity index is 1.48. The third kappa shape index (κ3) is 4.30. The van der Waals surface area contributed by atoms with Crippen LogP contribution in [0, 0.1) is 0 Å². The molecule has 1 aliphatic rings. The number of carbonyl (C=O) groups excluding carboxylic acids is 2. The van der Waals surface area contributed by atoms with E-state index < -0.39 is 0 Å². The van der Waals surface area contributed by atoms with Crippen LogP contribution in [-0.4, -0.2) is 49.6 Å². The number of anilines is 1.